The quantitative estimate of drug-likeness (QED) is 0.735. The molecule has 1 aromatic rings. The topological polar surface area (TPSA) is 85.4 Å². The average Bonchev–Trinajstić information content (AvgIpc) is 2.73. The van der Waals surface area contributed by atoms with E-state index in [1.807, 2.05) is 0 Å². The Morgan fingerprint density at radius 3 is 2.56 bits per heavy atom. The molecule has 2 saturated heterocycles. The van der Waals surface area contributed by atoms with E-state index < -0.39 is 10.0 Å². The molecule has 27 heavy (non-hydrogen) atoms. The zero-order valence-electron chi connectivity index (χ0n) is 15.7. The van der Waals surface area contributed by atoms with E-state index >= 15 is 0 Å². The van der Waals surface area contributed by atoms with Crippen LogP contribution in [0.2, 0.25) is 0 Å². The van der Waals surface area contributed by atoms with Crippen molar-refractivity contribution >= 4 is 15.9 Å². The highest BCUT2D eigenvalue weighted by Gasteiger charge is 2.36. The first kappa shape index (κ1) is 19.9. The molecule has 2 fully saturated rings. The van der Waals surface area contributed by atoms with Crippen molar-refractivity contribution in [2.45, 2.75) is 17.7 Å². The smallest absolute Gasteiger partial charge is 0.246 e. The van der Waals surface area contributed by atoms with Crippen LogP contribution in [0.1, 0.15) is 12.8 Å². The van der Waals surface area contributed by atoms with Crippen LogP contribution in [-0.4, -0.2) is 77.1 Å². The van der Waals surface area contributed by atoms with Gasteiger partial charge in [-0.25, -0.2) is 8.42 Å². The van der Waals surface area contributed by atoms with Gasteiger partial charge in [0.25, 0.3) is 0 Å². The van der Waals surface area contributed by atoms with Gasteiger partial charge in [0, 0.05) is 32.2 Å². The predicted molar refractivity (Wildman–Crippen MR) is 98.4 cm³/mol. The molecule has 0 N–H and O–H groups in total. The standard InChI is InChI=1S/C18H26N2O6S/c1-24-15-5-6-16(25-2)17(12-15)27(22,23)20-7-3-4-14(13-20)18(21)19-8-10-26-11-9-19/h5-6,12,14H,3-4,7-11,13H2,1-2H3/t14-/m1/s1. The van der Waals surface area contributed by atoms with Gasteiger partial charge in [0.15, 0.2) is 0 Å². The largest absolute Gasteiger partial charge is 0.497 e. The zero-order valence-corrected chi connectivity index (χ0v) is 16.5. The Labute approximate surface area is 160 Å². The lowest BCUT2D eigenvalue weighted by molar-refractivity contribution is -0.140. The Hall–Kier alpha value is -1.84. The summed E-state index contributed by atoms with van der Waals surface area (Å²) in [6, 6.07) is 4.69. The molecular formula is C18H26N2O6S. The minimum Gasteiger partial charge on any atom is -0.497 e. The lowest BCUT2D eigenvalue weighted by Gasteiger charge is -2.35. The van der Waals surface area contributed by atoms with E-state index in [1.54, 1.807) is 17.0 Å². The summed E-state index contributed by atoms with van der Waals surface area (Å²) in [5, 5.41) is 0. The average molecular weight is 398 g/mol. The number of sulfonamides is 1. The van der Waals surface area contributed by atoms with E-state index in [1.165, 1.54) is 24.6 Å². The van der Waals surface area contributed by atoms with E-state index in [9.17, 15) is 13.2 Å². The Morgan fingerprint density at radius 2 is 1.89 bits per heavy atom. The van der Waals surface area contributed by atoms with Gasteiger partial charge in [0.2, 0.25) is 15.9 Å². The summed E-state index contributed by atoms with van der Waals surface area (Å²) < 4.78 is 43.5. The van der Waals surface area contributed by atoms with Crippen molar-refractivity contribution in [2.24, 2.45) is 5.92 Å². The fourth-order valence-corrected chi connectivity index (χ4v) is 5.22. The molecule has 8 nitrogen and oxygen atoms in total. The summed E-state index contributed by atoms with van der Waals surface area (Å²) in [5.74, 6) is 0.379. The van der Waals surface area contributed by atoms with Crippen LogP contribution in [0.15, 0.2) is 23.1 Å². The molecule has 0 unspecified atom stereocenters. The lowest BCUT2D eigenvalue weighted by Crippen LogP contribution is -2.49. The molecule has 2 heterocycles. The first-order chi connectivity index (χ1) is 13.0. The van der Waals surface area contributed by atoms with Crippen molar-refractivity contribution in [3.63, 3.8) is 0 Å². The first-order valence-corrected chi connectivity index (χ1v) is 10.5. The third-order valence-electron chi connectivity index (χ3n) is 5.04. The molecule has 2 aliphatic heterocycles. The number of hydrogen-bond donors (Lipinski definition) is 0. The van der Waals surface area contributed by atoms with Gasteiger partial charge in [-0.3, -0.25) is 4.79 Å². The summed E-state index contributed by atoms with van der Waals surface area (Å²) in [6.45, 7) is 2.75. The molecule has 9 heteroatoms. The van der Waals surface area contributed by atoms with Crippen LogP contribution < -0.4 is 9.47 Å². The van der Waals surface area contributed by atoms with E-state index in [4.69, 9.17) is 14.2 Å². The first-order valence-electron chi connectivity index (χ1n) is 9.06. The SMILES string of the molecule is COc1ccc(OC)c(S(=O)(=O)N2CCC[C@@H](C(=O)N3CCOCC3)C2)c1. The maximum Gasteiger partial charge on any atom is 0.246 e. The van der Waals surface area contributed by atoms with Crippen molar-refractivity contribution in [1.29, 1.82) is 0 Å². The van der Waals surface area contributed by atoms with Gasteiger partial charge in [-0.15, -0.1) is 0 Å². The summed E-state index contributed by atoms with van der Waals surface area (Å²) >= 11 is 0. The molecule has 0 spiro atoms. The number of ether oxygens (including phenoxy) is 3. The predicted octanol–water partition coefficient (Wildman–Crippen LogP) is 0.963. The minimum absolute atomic E-state index is 0.0100. The molecule has 1 atom stereocenters. The number of amides is 1. The second kappa shape index (κ2) is 8.45. The van der Waals surface area contributed by atoms with Crippen LogP contribution in [0.25, 0.3) is 0 Å². The Balaban J connectivity index is 1.81. The van der Waals surface area contributed by atoms with Gasteiger partial charge < -0.3 is 19.1 Å². The number of hydrogen-bond acceptors (Lipinski definition) is 6. The van der Waals surface area contributed by atoms with Crippen LogP contribution in [0, 0.1) is 5.92 Å². The lowest BCUT2D eigenvalue weighted by atomic mass is 9.98. The van der Waals surface area contributed by atoms with Gasteiger partial charge in [-0.05, 0) is 25.0 Å². The Morgan fingerprint density at radius 1 is 1.15 bits per heavy atom. The van der Waals surface area contributed by atoms with Gasteiger partial charge in [-0.2, -0.15) is 4.31 Å². The van der Waals surface area contributed by atoms with Gasteiger partial charge in [-0.1, -0.05) is 0 Å². The fraction of sp³-hybridized carbons (Fsp3) is 0.611. The second-order valence-corrected chi connectivity index (χ2v) is 8.56. The molecule has 150 valence electrons. The van der Waals surface area contributed by atoms with Crippen molar-refractivity contribution in [1.82, 2.24) is 9.21 Å². The molecule has 1 amide bonds. The maximum atomic E-state index is 13.2. The van der Waals surface area contributed by atoms with Gasteiger partial charge >= 0.3 is 0 Å². The molecule has 0 saturated carbocycles. The van der Waals surface area contributed by atoms with Gasteiger partial charge in [0.1, 0.15) is 16.4 Å². The van der Waals surface area contributed by atoms with Gasteiger partial charge in [0.05, 0.1) is 33.4 Å². The molecule has 1 aromatic carbocycles. The van der Waals surface area contributed by atoms with Crippen molar-refractivity contribution in [3.8, 4) is 11.5 Å². The van der Waals surface area contributed by atoms with Crippen LogP contribution in [0.5, 0.6) is 11.5 Å². The zero-order chi connectivity index (χ0) is 19.4. The molecule has 0 aromatic heterocycles. The van der Waals surface area contributed by atoms with E-state index in [2.05, 4.69) is 0 Å². The normalized spacial score (nSPS) is 21.7. The monoisotopic (exact) mass is 398 g/mol. The minimum atomic E-state index is -3.80. The number of carbonyl (C=O) groups is 1. The number of methoxy groups -OCH3 is 2. The van der Waals surface area contributed by atoms with Crippen LogP contribution in [-0.2, 0) is 19.6 Å². The molecule has 0 aliphatic carbocycles. The highest BCUT2D eigenvalue weighted by Crippen LogP contribution is 2.33. The third-order valence-corrected chi connectivity index (χ3v) is 6.93. The highest BCUT2D eigenvalue weighted by atomic mass is 32.2. The number of rotatable bonds is 5. The Bertz CT molecular complexity index is 776. The molecular weight excluding hydrogens is 372 g/mol. The number of carbonyl (C=O) groups excluding carboxylic acids is 1. The molecule has 0 radical (unpaired) electrons. The number of benzene rings is 1. The van der Waals surface area contributed by atoms with Crippen LogP contribution in [0.4, 0.5) is 0 Å². The van der Waals surface area contributed by atoms with Crippen LogP contribution in [0.3, 0.4) is 0 Å². The maximum absolute atomic E-state index is 13.2. The molecule has 3 rings (SSSR count). The fourth-order valence-electron chi connectivity index (χ4n) is 3.53. The van der Waals surface area contributed by atoms with Crippen molar-refractivity contribution in [3.05, 3.63) is 18.2 Å². The number of piperidine rings is 1. The number of nitrogens with zero attached hydrogens (tertiary/aromatic N) is 2. The van der Waals surface area contributed by atoms with Crippen molar-refractivity contribution < 1.29 is 27.4 Å². The number of morpholine rings is 1. The molecule has 2 aliphatic rings. The second-order valence-electron chi connectivity index (χ2n) is 6.66. The van der Waals surface area contributed by atoms with E-state index in [0.717, 1.165) is 0 Å². The summed E-state index contributed by atoms with van der Waals surface area (Å²) in [7, 11) is -0.887. The highest BCUT2D eigenvalue weighted by molar-refractivity contribution is 7.89. The van der Waals surface area contributed by atoms with E-state index in [-0.39, 0.29) is 29.0 Å². The third kappa shape index (κ3) is 4.20. The summed E-state index contributed by atoms with van der Waals surface area (Å²) in [4.78, 5) is 14.6. The van der Waals surface area contributed by atoms with Crippen LogP contribution >= 0.6 is 0 Å². The summed E-state index contributed by atoms with van der Waals surface area (Å²) in [6.07, 6.45) is 1.34. The summed E-state index contributed by atoms with van der Waals surface area (Å²) in [5.41, 5.74) is 0. The van der Waals surface area contributed by atoms with Crippen molar-refractivity contribution in [2.75, 3.05) is 53.6 Å². The Kier molecular flexibility index (Phi) is 6.23. The van der Waals surface area contributed by atoms with E-state index in [0.29, 0.717) is 51.4 Å². The molecule has 0 bridgehead atoms.